The van der Waals surface area contributed by atoms with Gasteiger partial charge < -0.3 is 22.0 Å². The Morgan fingerprint density at radius 2 is 1.50 bits per heavy atom. The number of nitrogens with zero attached hydrogens (tertiary/aromatic N) is 1. The summed E-state index contributed by atoms with van der Waals surface area (Å²) in [5, 5.41) is 8.84. The molecule has 3 nitrogen and oxygen atoms in total. The van der Waals surface area contributed by atoms with Crippen LogP contribution < -0.4 is 12.4 Å². The van der Waals surface area contributed by atoms with Gasteiger partial charge >= 0.3 is 5.97 Å². The fourth-order valence-electron chi connectivity index (χ4n) is 2.15. The van der Waals surface area contributed by atoms with Gasteiger partial charge in [-0.1, -0.05) is 12.1 Å². The second-order valence-corrected chi connectivity index (χ2v) is 4.45. The van der Waals surface area contributed by atoms with Crippen LogP contribution in [0.4, 0.5) is 0 Å². The van der Waals surface area contributed by atoms with E-state index in [9.17, 15) is 4.79 Å². The molecule has 0 unspecified atom stereocenters. The van der Waals surface area contributed by atoms with Crippen LogP contribution in [0.2, 0.25) is 0 Å². The van der Waals surface area contributed by atoms with Gasteiger partial charge in [0.25, 0.3) is 0 Å². The Hall–Kier alpha value is -1.06. The SMILES string of the molecule is CC[N+](CC)(CC)Cc1ccc(C(=O)O)cc1.[Cl-]. The zero-order chi connectivity index (χ0) is 12.9. The molecule has 0 aliphatic carbocycles. The number of rotatable bonds is 6. The zero-order valence-electron chi connectivity index (χ0n) is 11.3. The summed E-state index contributed by atoms with van der Waals surface area (Å²) in [7, 11) is 0. The minimum atomic E-state index is -0.862. The molecule has 4 heteroatoms. The zero-order valence-corrected chi connectivity index (χ0v) is 12.1. The highest BCUT2D eigenvalue weighted by atomic mass is 35.5. The van der Waals surface area contributed by atoms with Gasteiger partial charge in [-0.25, -0.2) is 4.79 Å². The summed E-state index contributed by atoms with van der Waals surface area (Å²) < 4.78 is 1.05. The highest BCUT2D eigenvalue weighted by Crippen LogP contribution is 2.15. The van der Waals surface area contributed by atoms with Crippen molar-refractivity contribution in [1.82, 2.24) is 0 Å². The average molecular weight is 272 g/mol. The van der Waals surface area contributed by atoms with Crippen molar-refractivity contribution in [2.24, 2.45) is 0 Å². The lowest BCUT2D eigenvalue weighted by Crippen LogP contribution is -3.00. The van der Waals surface area contributed by atoms with Crippen molar-refractivity contribution in [2.45, 2.75) is 27.3 Å². The molecule has 0 radical (unpaired) electrons. The Morgan fingerprint density at radius 1 is 1.06 bits per heavy atom. The van der Waals surface area contributed by atoms with E-state index < -0.39 is 5.97 Å². The van der Waals surface area contributed by atoms with Gasteiger partial charge in [-0.05, 0) is 32.9 Å². The van der Waals surface area contributed by atoms with Crippen molar-refractivity contribution in [1.29, 1.82) is 0 Å². The van der Waals surface area contributed by atoms with Gasteiger partial charge in [0.2, 0.25) is 0 Å². The molecule has 0 saturated carbocycles. The second kappa shape index (κ2) is 7.39. The molecule has 1 aromatic rings. The normalized spacial score (nSPS) is 10.8. The summed E-state index contributed by atoms with van der Waals surface area (Å²) in [5.41, 5.74) is 1.57. The van der Waals surface area contributed by atoms with Crippen LogP contribution in [0.15, 0.2) is 24.3 Å². The van der Waals surface area contributed by atoms with E-state index in [2.05, 4.69) is 20.8 Å². The van der Waals surface area contributed by atoms with E-state index in [0.29, 0.717) is 5.56 Å². The number of hydrogen-bond donors (Lipinski definition) is 1. The first kappa shape index (κ1) is 16.9. The van der Waals surface area contributed by atoms with Crippen LogP contribution in [0.1, 0.15) is 36.7 Å². The number of carbonyl (C=O) groups is 1. The van der Waals surface area contributed by atoms with E-state index in [-0.39, 0.29) is 12.4 Å². The van der Waals surface area contributed by atoms with Gasteiger partial charge in [0.1, 0.15) is 6.54 Å². The molecule has 0 heterocycles. The van der Waals surface area contributed by atoms with E-state index in [1.165, 1.54) is 5.56 Å². The first-order valence-electron chi connectivity index (χ1n) is 6.24. The maximum atomic E-state index is 10.8. The van der Waals surface area contributed by atoms with E-state index >= 15 is 0 Å². The molecule has 102 valence electrons. The number of carboxylic acid groups (broad SMARTS) is 1. The van der Waals surface area contributed by atoms with E-state index in [1.807, 2.05) is 12.1 Å². The van der Waals surface area contributed by atoms with Gasteiger partial charge in [0.05, 0.1) is 25.2 Å². The molecular formula is C14H22ClNO2. The fraction of sp³-hybridized carbons (Fsp3) is 0.500. The Balaban J connectivity index is 0.00000289. The average Bonchev–Trinajstić information content (AvgIpc) is 2.37. The molecule has 0 aliphatic rings. The number of hydrogen-bond acceptors (Lipinski definition) is 1. The minimum Gasteiger partial charge on any atom is -1.00 e. The van der Waals surface area contributed by atoms with E-state index in [4.69, 9.17) is 5.11 Å². The predicted molar refractivity (Wildman–Crippen MR) is 69.0 cm³/mol. The lowest BCUT2D eigenvalue weighted by atomic mass is 10.1. The Bertz CT molecular complexity index is 364. The molecule has 1 aromatic carbocycles. The highest BCUT2D eigenvalue weighted by Gasteiger charge is 2.21. The summed E-state index contributed by atoms with van der Waals surface area (Å²) in [6.07, 6.45) is 0. The third-order valence-electron chi connectivity index (χ3n) is 3.73. The monoisotopic (exact) mass is 271 g/mol. The van der Waals surface area contributed by atoms with Crippen LogP contribution in [-0.2, 0) is 6.54 Å². The number of aromatic carboxylic acids is 1. The fourth-order valence-corrected chi connectivity index (χ4v) is 2.15. The standard InChI is InChI=1S/C14H21NO2.ClH/c1-4-15(5-2,6-3)11-12-7-9-13(10-8-12)14(16)17;/h7-10H,4-6,11H2,1-3H3;1H. The number of halogens is 1. The van der Waals surface area contributed by atoms with Crippen LogP contribution in [0.25, 0.3) is 0 Å². The summed E-state index contributed by atoms with van der Waals surface area (Å²) in [4.78, 5) is 10.8. The molecule has 1 rings (SSSR count). The molecule has 0 atom stereocenters. The Labute approximate surface area is 115 Å². The number of quaternary nitrogens is 1. The van der Waals surface area contributed by atoms with Crippen molar-refractivity contribution in [3.05, 3.63) is 35.4 Å². The van der Waals surface area contributed by atoms with E-state index in [1.54, 1.807) is 12.1 Å². The van der Waals surface area contributed by atoms with E-state index in [0.717, 1.165) is 30.7 Å². The molecular weight excluding hydrogens is 250 g/mol. The predicted octanol–water partition coefficient (Wildman–Crippen LogP) is -0.235. The quantitative estimate of drug-likeness (QED) is 0.726. The molecule has 0 aliphatic heterocycles. The van der Waals surface area contributed by atoms with Gasteiger partial charge in [0, 0.05) is 5.56 Å². The van der Waals surface area contributed by atoms with Crippen molar-refractivity contribution in [2.75, 3.05) is 19.6 Å². The summed E-state index contributed by atoms with van der Waals surface area (Å²) in [6.45, 7) is 10.9. The van der Waals surface area contributed by atoms with Gasteiger partial charge in [0.15, 0.2) is 0 Å². The Kier molecular flexibility index (Phi) is 6.96. The summed E-state index contributed by atoms with van der Waals surface area (Å²) >= 11 is 0. The first-order chi connectivity index (χ1) is 8.06. The second-order valence-electron chi connectivity index (χ2n) is 4.45. The molecule has 0 aromatic heterocycles. The van der Waals surface area contributed by atoms with Crippen LogP contribution >= 0.6 is 0 Å². The van der Waals surface area contributed by atoms with Gasteiger partial charge in [-0.15, -0.1) is 0 Å². The van der Waals surface area contributed by atoms with Gasteiger partial charge in [-0.3, -0.25) is 0 Å². The third-order valence-corrected chi connectivity index (χ3v) is 3.73. The smallest absolute Gasteiger partial charge is 0.335 e. The highest BCUT2D eigenvalue weighted by molar-refractivity contribution is 5.87. The molecule has 0 amide bonds. The maximum absolute atomic E-state index is 10.8. The molecule has 0 fully saturated rings. The van der Waals surface area contributed by atoms with Crippen molar-refractivity contribution < 1.29 is 26.8 Å². The lowest BCUT2D eigenvalue weighted by molar-refractivity contribution is -0.936. The van der Waals surface area contributed by atoms with Crippen LogP contribution in [0, 0.1) is 0 Å². The third kappa shape index (κ3) is 4.00. The molecule has 0 spiro atoms. The van der Waals surface area contributed by atoms with Crippen molar-refractivity contribution in [3.63, 3.8) is 0 Å². The number of benzene rings is 1. The summed E-state index contributed by atoms with van der Waals surface area (Å²) in [5.74, 6) is -0.862. The van der Waals surface area contributed by atoms with Crippen LogP contribution in [0.3, 0.4) is 0 Å². The number of carboxylic acids is 1. The van der Waals surface area contributed by atoms with Crippen molar-refractivity contribution >= 4 is 5.97 Å². The lowest BCUT2D eigenvalue weighted by Gasteiger charge is -2.35. The Morgan fingerprint density at radius 3 is 1.83 bits per heavy atom. The van der Waals surface area contributed by atoms with Gasteiger partial charge in [-0.2, -0.15) is 0 Å². The first-order valence-corrected chi connectivity index (χ1v) is 6.24. The minimum absolute atomic E-state index is 0. The molecule has 18 heavy (non-hydrogen) atoms. The summed E-state index contributed by atoms with van der Waals surface area (Å²) in [6, 6.07) is 7.23. The van der Waals surface area contributed by atoms with Crippen LogP contribution in [-0.4, -0.2) is 35.2 Å². The van der Waals surface area contributed by atoms with Crippen molar-refractivity contribution in [3.8, 4) is 0 Å². The van der Waals surface area contributed by atoms with Crippen LogP contribution in [0.5, 0.6) is 0 Å². The topological polar surface area (TPSA) is 37.3 Å². The largest absolute Gasteiger partial charge is 1.00 e. The maximum Gasteiger partial charge on any atom is 0.335 e. The molecule has 0 saturated heterocycles. The molecule has 0 bridgehead atoms. The molecule has 1 N–H and O–H groups in total.